The Kier molecular flexibility index (Phi) is 9.68. The standard InChI is InChI=1S/C30H26ClF9N2O4/c1-17-10-24(41(25(43)45-2)15-19-11-20(28(32,33)34)13-21(12-19)29(35,36)37)22-14-27(31,30(38,39)40)9-8-23(22)42(17)26(44)46-16-18-6-4-3-5-7-18/h3-9,11-13,17,24H,10,14-16H2,1-2H3. The fourth-order valence-electron chi connectivity index (χ4n) is 5.38. The Morgan fingerprint density at radius 2 is 1.54 bits per heavy atom. The molecule has 16 heteroatoms. The first kappa shape index (κ1) is 35.0. The Hall–Kier alpha value is -3.88. The molecule has 0 bridgehead atoms. The molecule has 2 aromatic carbocycles. The van der Waals surface area contributed by atoms with Crippen LogP contribution in [0.1, 0.15) is 42.0 Å². The average Bonchev–Trinajstić information content (AvgIpc) is 2.97. The molecule has 0 radical (unpaired) electrons. The lowest BCUT2D eigenvalue weighted by Crippen LogP contribution is -2.54. The monoisotopic (exact) mass is 684 g/mol. The molecule has 2 amide bonds. The molecule has 6 nitrogen and oxygen atoms in total. The van der Waals surface area contributed by atoms with Gasteiger partial charge in [-0.05, 0) is 54.3 Å². The summed E-state index contributed by atoms with van der Waals surface area (Å²) in [5, 5.41) is 0. The number of rotatable bonds is 5. The zero-order valence-corrected chi connectivity index (χ0v) is 24.8. The number of halogens is 10. The highest BCUT2D eigenvalue weighted by atomic mass is 35.5. The molecule has 1 aliphatic heterocycles. The first-order valence-electron chi connectivity index (χ1n) is 13.6. The van der Waals surface area contributed by atoms with Crippen molar-refractivity contribution >= 4 is 23.8 Å². The minimum Gasteiger partial charge on any atom is -0.453 e. The normalized spacial score (nSPS) is 22.0. The van der Waals surface area contributed by atoms with Gasteiger partial charge in [0.25, 0.3) is 0 Å². The van der Waals surface area contributed by atoms with E-state index in [9.17, 15) is 49.1 Å². The Morgan fingerprint density at radius 1 is 0.957 bits per heavy atom. The van der Waals surface area contributed by atoms with Crippen LogP contribution in [-0.2, 0) is 35.0 Å². The zero-order valence-electron chi connectivity index (χ0n) is 24.1. The van der Waals surface area contributed by atoms with Gasteiger partial charge in [-0.2, -0.15) is 39.5 Å². The van der Waals surface area contributed by atoms with E-state index in [1.54, 1.807) is 30.3 Å². The van der Waals surface area contributed by atoms with Crippen LogP contribution < -0.4 is 0 Å². The molecule has 3 unspecified atom stereocenters. The van der Waals surface area contributed by atoms with Gasteiger partial charge in [0.1, 0.15) is 6.61 Å². The van der Waals surface area contributed by atoms with Crippen molar-refractivity contribution in [2.45, 2.75) is 68.4 Å². The van der Waals surface area contributed by atoms with E-state index < -0.39 is 77.3 Å². The van der Waals surface area contributed by atoms with E-state index in [2.05, 4.69) is 0 Å². The maximum absolute atomic E-state index is 14.1. The van der Waals surface area contributed by atoms with Gasteiger partial charge < -0.3 is 9.47 Å². The molecule has 1 heterocycles. The number of hydrogen-bond donors (Lipinski definition) is 0. The summed E-state index contributed by atoms with van der Waals surface area (Å²) in [5.74, 6) is 0. The van der Waals surface area contributed by atoms with Crippen LogP contribution in [0, 0.1) is 0 Å². The van der Waals surface area contributed by atoms with Crippen molar-refractivity contribution in [2.24, 2.45) is 0 Å². The fourth-order valence-corrected chi connectivity index (χ4v) is 5.59. The van der Waals surface area contributed by atoms with Crippen molar-refractivity contribution in [1.29, 1.82) is 0 Å². The molecular weight excluding hydrogens is 659 g/mol. The molecule has 2 aliphatic rings. The number of carbonyl (C=O) groups excluding carboxylic acids is 2. The first-order valence-corrected chi connectivity index (χ1v) is 13.9. The number of benzene rings is 2. The topological polar surface area (TPSA) is 59.1 Å². The predicted octanol–water partition coefficient (Wildman–Crippen LogP) is 8.85. The van der Waals surface area contributed by atoms with Crippen LogP contribution in [0.4, 0.5) is 49.1 Å². The largest absolute Gasteiger partial charge is 0.453 e. The molecule has 0 saturated carbocycles. The van der Waals surface area contributed by atoms with Gasteiger partial charge in [0.05, 0.1) is 24.3 Å². The van der Waals surface area contributed by atoms with Crippen molar-refractivity contribution < 1.29 is 58.6 Å². The Labute approximate surface area is 262 Å². The molecule has 2 aromatic rings. The molecule has 4 rings (SSSR count). The zero-order chi connectivity index (χ0) is 34.2. The molecule has 250 valence electrons. The highest BCUT2D eigenvalue weighted by Crippen LogP contribution is 2.49. The van der Waals surface area contributed by atoms with Crippen molar-refractivity contribution in [3.05, 3.63) is 94.2 Å². The van der Waals surface area contributed by atoms with E-state index in [1.165, 1.54) is 6.92 Å². The number of allylic oxidation sites excluding steroid dienone is 2. The molecule has 3 atom stereocenters. The molecule has 0 aromatic heterocycles. The van der Waals surface area contributed by atoms with Gasteiger partial charge in [-0.3, -0.25) is 9.80 Å². The summed E-state index contributed by atoms with van der Waals surface area (Å²) >= 11 is 6.00. The van der Waals surface area contributed by atoms with Gasteiger partial charge in [-0.1, -0.05) is 36.4 Å². The summed E-state index contributed by atoms with van der Waals surface area (Å²) in [6.07, 6.45) is -17.4. The van der Waals surface area contributed by atoms with Gasteiger partial charge in [-0.25, -0.2) is 9.59 Å². The number of amides is 2. The van der Waals surface area contributed by atoms with Crippen molar-refractivity contribution in [3.63, 3.8) is 0 Å². The van der Waals surface area contributed by atoms with Crippen molar-refractivity contribution in [1.82, 2.24) is 9.80 Å². The minimum atomic E-state index is -5.19. The molecule has 1 aliphatic carbocycles. The second kappa shape index (κ2) is 12.7. The van der Waals surface area contributed by atoms with Crippen molar-refractivity contribution in [2.75, 3.05) is 7.11 Å². The Balaban J connectivity index is 1.80. The van der Waals surface area contributed by atoms with Crippen LogP contribution in [-0.4, -0.2) is 52.2 Å². The van der Waals surface area contributed by atoms with E-state index in [1.807, 2.05) is 0 Å². The number of ether oxygens (including phenoxy) is 2. The third-order valence-corrected chi connectivity index (χ3v) is 8.08. The molecule has 0 fully saturated rings. The summed E-state index contributed by atoms with van der Waals surface area (Å²) in [5.41, 5.74) is -3.65. The highest BCUT2D eigenvalue weighted by molar-refractivity contribution is 6.26. The smallest absolute Gasteiger partial charge is 0.416 e. The minimum absolute atomic E-state index is 0.0919. The van der Waals surface area contributed by atoms with Crippen LogP contribution in [0.5, 0.6) is 0 Å². The third-order valence-electron chi connectivity index (χ3n) is 7.61. The third kappa shape index (κ3) is 7.39. The van der Waals surface area contributed by atoms with Gasteiger partial charge >= 0.3 is 30.7 Å². The van der Waals surface area contributed by atoms with Crippen LogP contribution in [0.15, 0.2) is 72.0 Å². The summed E-state index contributed by atoms with van der Waals surface area (Å²) in [4.78, 5) is 25.1. The summed E-state index contributed by atoms with van der Waals surface area (Å²) in [6, 6.07) is 6.91. The Bertz CT molecular complexity index is 1490. The van der Waals surface area contributed by atoms with Crippen LogP contribution >= 0.6 is 11.6 Å². The predicted molar refractivity (Wildman–Crippen MR) is 146 cm³/mol. The van der Waals surface area contributed by atoms with E-state index in [-0.39, 0.29) is 30.4 Å². The summed E-state index contributed by atoms with van der Waals surface area (Å²) < 4.78 is 134. The van der Waals surface area contributed by atoms with E-state index in [4.69, 9.17) is 21.1 Å². The van der Waals surface area contributed by atoms with Gasteiger partial charge in [0.15, 0.2) is 4.87 Å². The van der Waals surface area contributed by atoms with Gasteiger partial charge in [0.2, 0.25) is 0 Å². The number of hydrogen-bond acceptors (Lipinski definition) is 4. The van der Waals surface area contributed by atoms with Gasteiger partial charge in [-0.15, -0.1) is 11.6 Å². The summed E-state index contributed by atoms with van der Waals surface area (Å²) in [6.45, 7) is 0.380. The van der Waals surface area contributed by atoms with Crippen LogP contribution in [0.3, 0.4) is 0 Å². The maximum Gasteiger partial charge on any atom is 0.416 e. The lowest BCUT2D eigenvalue weighted by atomic mass is 9.80. The SMILES string of the molecule is COC(=O)N(Cc1cc(C(F)(F)F)cc(C(F)(F)F)c1)C1CC(C)N(C(=O)OCc2ccccc2)C2=C1CC(Cl)(C(F)(F)F)C=C2. The molecule has 0 N–H and O–H groups in total. The second-order valence-corrected chi connectivity index (χ2v) is 11.5. The maximum atomic E-state index is 14.1. The number of carbonyl (C=O) groups is 2. The number of nitrogens with zero attached hydrogens (tertiary/aromatic N) is 2. The molecule has 46 heavy (non-hydrogen) atoms. The second-order valence-electron chi connectivity index (χ2n) is 10.8. The van der Waals surface area contributed by atoms with Crippen LogP contribution in [0.25, 0.3) is 0 Å². The lowest BCUT2D eigenvalue weighted by Gasteiger charge is -2.46. The van der Waals surface area contributed by atoms with E-state index in [0.29, 0.717) is 23.8 Å². The Morgan fingerprint density at radius 3 is 2.07 bits per heavy atom. The van der Waals surface area contributed by atoms with Gasteiger partial charge in [0, 0.05) is 24.7 Å². The van der Waals surface area contributed by atoms with E-state index >= 15 is 0 Å². The molecule has 0 saturated heterocycles. The van der Waals surface area contributed by atoms with E-state index in [0.717, 1.165) is 23.0 Å². The first-order chi connectivity index (χ1) is 21.2. The summed E-state index contributed by atoms with van der Waals surface area (Å²) in [7, 11) is 0.889. The molecule has 0 spiro atoms. The number of alkyl halides is 10. The van der Waals surface area contributed by atoms with Crippen molar-refractivity contribution in [3.8, 4) is 0 Å². The lowest BCUT2D eigenvalue weighted by molar-refractivity contribution is -0.150. The van der Waals surface area contributed by atoms with Crippen LogP contribution in [0.2, 0.25) is 0 Å². The average molecular weight is 685 g/mol. The number of methoxy groups -OCH3 is 1. The highest BCUT2D eigenvalue weighted by Gasteiger charge is 2.56. The molecular formula is C30H26ClF9N2O4. The fraction of sp³-hybridized carbons (Fsp3) is 0.400. The quantitative estimate of drug-likeness (QED) is 0.233.